The lowest BCUT2D eigenvalue weighted by Crippen LogP contribution is -2.31. The zero-order valence-electron chi connectivity index (χ0n) is 11.7. The predicted octanol–water partition coefficient (Wildman–Crippen LogP) is 2.72. The van der Waals surface area contributed by atoms with E-state index in [-0.39, 0.29) is 0 Å². The van der Waals surface area contributed by atoms with Crippen LogP contribution in [-0.2, 0) is 0 Å². The second kappa shape index (κ2) is 6.10. The molecular weight excluding hydrogens is 224 g/mol. The summed E-state index contributed by atoms with van der Waals surface area (Å²) in [5.74, 6) is 1.76. The van der Waals surface area contributed by atoms with Crippen LogP contribution in [0.5, 0.6) is 5.75 Å². The molecule has 1 aromatic carbocycles. The number of piperidine rings is 1. The normalized spacial score (nSPS) is 16.6. The van der Waals surface area contributed by atoms with Gasteiger partial charge in [-0.15, -0.1) is 0 Å². The highest BCUT2D eigenvalue weighted by molar-refractivity contribution is 5.61. The number of hydrogen-bond acceptors (Lipinski definition) is 3. The summed E-state index contributed by atoms with van der Waals surface area (Å²) in [5, 5.41) is 6.96. The maximum atomic E-state index is 5.50. The van der Waals surface area contributed by atoms with E-state index in [0.29, 0.717) is 0 Å². The van der Waals surface area contributed by atoms with E-state index in [1.165, 1.54) is 24.0 Å². The van der Waals surface area contributed by atoms with E-state index in [0.717, 1.165) is 37.0 Å². The molecule has 3 nitrogen and oxygen atoms in total. The molecule has 0 atom stereocenters. The Morgan fingerprint density at radius 1 is 1.28 bits per heavy atom. The van der Waals surface area contributed by atoms with Crippen molar-refractivity contribution in [2.45, 2.75) is 26.7 Å². The van der Waals surface area contributed by atoms with Crippen LogP contribution in [0.4, 0.5) is 5.69 Å². The average molecular weight is 248 g/mol. The second-order valence-electron chi connectivity index (χ2n) is 5.24. The van der Waals surface area contributed by atoms with Crippen LogP contribution in [0.25, 0.3) is 0 Å². The summed E-state index contributed by atoms with van der Waals surface area (Å²) < 4.78 is 5.50. The molecule has 1 fully saturated rings. The van der Waals surface area contributed by atoms with E-state index >= 15 is 0 Å². The summed E-state index contributed by atoms with van der Waals surface area (Å²) in [7, 11) is 1.74. The Kier molecular flexibility index (Phi) is 4.48. The first kappa shape index (κ1) is 13.2. The molecule has 3 heteroatoms. The average Bonchev–Trinajstić information content (AvgIpc) is 2.37. The molecule has 0 spiro atoms. The van der Waals surface area contributed by atoms with Gasteiger partial charge in [0.15, 0.2) is 0 Å². The zero-order valence-corrected chi connectivity index (χ0v) is 11.7. The molecule has 100 valence electrons. The van der Waals surface area contributed by atoms with E-state index in [2.05, 4.69) is 36.6 Å². The van der Waals surface area contributed by atoms with Crippen molar-refractivity contribution < 1.29 is 4.74 Å². The fraction of sp³-hybridized carbons (Fsp3) is 0.600. The van der Waals surface area contributed by atoms with Crippen LogP contribution in [0.2, 0.25) is 0 Å². The zero-order chi connectivity index (χ0) is 13.0. The van der Waals surface area contributed by atoms with Gasteiger partial charge in [-0.2, -0.15) is 0 Å². The highest BCUT2D eigenvalue weighted by Gasteiger charge is 2.14. The van der Waals surface area contributed by atoms with Crippen molar-refractivity contribution in [3.8, 4) is 5.75 Å². The first-order valence-corrected chi connectivity index (χ1v) is 6.80. The first-order chi connectivity index (χ1) is 8.70. The van der Waals surface area contributed by atoms with Crippen molar-refractivity contribution in [3.05, 3.63) is 23.3 Å². The van der Waals surface area contributed by atoms with Gasteiger partial charge in [0.25, 0.3) is 0 Å². The van der Waals surface area contributed by atoms with Gasteiger partial charge in [-0.3, -0.25) is 0 Å². The molecule has 1 aromatic rings. The topological polar surface area (TPSA) is 33.3 Å². The monoisotopic (exact) mass is 248 g/mol. The highest BCUT2D eigenvalue weighted by atomic mass is 16.5. The molecule has 0 radical (unpaired) electrons. The molecule has 1 heterocycles. The number of anilines is 1. The summed E-state index contributed by atoms with van der Waals surface area (Å²) in [6.07, 6.45) is 2.53. The van der Waals surface area contributed by atoms with Crippen molar-refractivity contribution >= 4 is 5.69 Å². The standard InChI is InChI=1S/C15H24N2O/c1-11-8-12(2)15(18-3)14(9-11)17-10-13-4-6-16-7-5-13/h8-9,13,16-17H,4-7,10H2,1-3H3. The van der Waals surface area contributed by atoms with Gasteiger partial charge < -0.3 is 15.4 Å². The van der Waals surface area contributed by atoms with Gasteiger partial charge in [-0.1, -0.05) is 6.07 Å². The molecule has 2 N–H and O–H groups in total. The Bertz CT molecular complexity index is 398. The smallest absolute Gasteiger partial charge is 0.144 e. The van der Waals surface area contributed by atoms with Gasteiger partial charge in [-0.05, 0) is 62.9 Å². The third-order valence-corrected chi connectivity index (χ3v) is 3.66. The van der Waals surface area contributed by atoms with Gasteiger partial charge in [0.2, 0.25) is 0 Å². The van der Waals surface area contributed by atoms with Crippen LogP contribution in [0, 0.1) is 19.8 Å². The quantitative estimate of drug-likeness (QED) is 0.859. The van der Waals surface area contributed by atoms with Crippen LogP contribution in [-0.4, -0.2) is 26.7 Å². The van der Waals surface area contributed by atoms with Gasteiger partial charge in [0, 0.05) is 6.54 Å². The minimum atomic E-state index is 0.775. The molecule has 2 rings (SSSR count). The minimum absolute atomic E-state index is 0.775. The SMILES string of the molecule is COc1c(C)cc(C)cc1NCC1CCNCC1. The van der Waals surface area contributed by atoms with Crippen molar-refractivity contribution in [2.24, 2.45) is 5.92 Å². The van der Waals surface area contributed by atoms with E-state index in [9.17, 15) is 0 Å². The third-order valence-electron chi connectivity index (χ3n) is 3.66. The number of nitrogens with one attached hydrogen (secondary N) is 2. The van der Waals surface area contributed by atoms with Crippen LogP contribution < -0.4 is 15.4 Å². The summed E-state index contributed by atoms with van der Waals surface area (Å²) >= 11 is 0. The minimum Gasteiger partial charge on any atom is -0.494 e. The Balaban J connectivity index is 2.03. The van der Waals surface area contributed by atoms with Crippen LogP contribution >= 0.6 is 0 Å². The molecule has 1 saturated heterocycles. The lowest BCUT2D eigenvalue weighted by Gasteiger charge is -2.24. The fourth-order valence-corrected chi connectivity index (χ4v) is 2.70. The number of ether oxygens (including phenoxy) is 1. The lowest BCUT2D eigenvalue weighted by molar-refractivity contribution is 0.387. The maximum absolute atomic E-state index is 5.50. The van der Waals surface area contributed by atoms with Crippen LogP contribution in [0.1, 0.15) is 24.0 Å². The first-order valence-electron chi connectivity index (χ1n) is 6.80. The van der Waals surface area contributed by atoms with Crippen molar-refractivity contribution in [1.29, 1.82) is 0 Å². The fourth-order valence-electron chi connectivity index (χ4n) is 2.70. The maximum Gasteiger partial charge on any atom is 0.144 e. The molecular formula is C15H24N2O. The van der Waals surface area contributed by atoms with E-state index in [1.807, 2.05) is 0 Å². The number of aryl methyl sites for hydroxylation is 2. The van der Waals surface area contributed by atoms with E-state index in [1.54, 1.807) is 7.11 Å². The number of benzene rings is 1. The molecule has 0 aromatic heterocycles. The Morgan fingerprint density at radius 3 is 2.67 bits per heavy atom. The summed E-state index contributed by atoms with van der Waals surface area (Å²) in [6, 6.07) is 4.33. The summed E-state index contributed by atoms with van der Waals surface area (Å²) in [5.41, 5.74) is 3.61. The summed E-state index contributed by atoms with van der Waals surface area (Å²) in [4.78, 5) is 0. The predicted molar refractivity (Wildman–Crippen MR) is 76.6 cm³/mol. The molecule has 18 heavy (non-hydrogen) atoms. The van der Waals surface area contributed by atoms with Gasteiger partial charge in [-0.25, -0.2) is 0 Å². The summed E-state index contributed by atoms with van der Waals surface area (Å²) in [6.45, 7) is 7.57. The second-order valence-corrected chi connectivity index (χ2v) is 5.24. The largest absolute Gasteiger partial charge is 0.494 e. The van der Waals surface area contributed by atoms with Crippen LogP contribution in [0.3, 0.4) is 0 Å². The number of rotatable bonds is 4. The number of hydrogen-bond donors (Lipinski definition) is 2. The van der Waals surface area contributed by atoms with E-state index < -0.39 is 0 Å². The molecule has 0 aliphatic carbocycles. The van der Waals surface area contributed by atoms with Crippen molar-refractivity contribution in [1.82, 2.24) is 5.32 Å². The van der Waals surface area contributed by atoms with Gasteiger partial charge in [0.1, 0.15) is 5.75 Å². The Hall–Kier alpha value is -1.22. The number of methoxy groups -OCH3 is 1. The van der Waals surface area contributed by atoms with E-state index in [4.69, 9.17) is 4.74 Å². The highest BCUT2D eigenvalue weighted by Crippen LogP contribution is 2.30. The molecule has 0 unspecified atom stereocenters. The van der Waals surface area contributed by atoms with Crippen molar-refractivity contribution in [2.75, 3.05) is 32.1 Å². The lowest BCUT2D eigenvalue weighted by atomic mass is 9.98. The molecule has 1 aliphatic rings. The van der Waals surface area contributed by atoms with Gasteiger partial charge >= 0.3 is 0 Å². The third kappa shape index (κ3) is 3.16. The van der Waals surface area contributed by atoms with Crippen molar-refractivity contribution in [3.63, 3.8) is 0 Å². The molecule has 0 saturated carbocycles. The van der Waals surface area contributed by atoms with Gasteiger partial charge in [0.05, 0.1) is 12.8 Å². The Labute approximate surface area is 110 Å². The molecule has 1 aliphatic heterocycles. The molecule has 0 bridgehead atoms. The van der Waals surface area contributed by atoms with Crippen LogP contribution in [0.15, 0.2) is 12.1 Å². The molecule has 0 amide bonds. The Morgan fingerprint density at radius 2 is 2.00 bits per heavy atom.